The molecule has 2 aliphatic carbocycles. The zero-order valence-corrected chi connectivity index (χ0v) is 18.4. The van der Waals surface area contributed by atoms with Gasteiger partial charge in [0, 0.05) is 35.9 Å². The minimum atomic E-state index is -0.625. The van der Waals surface area contributed by atoms with Gasteiger partial charge in [-0.2, -0.15) is 0 Å². The van der Waals surface area contributed by atoms with E-state index in [0.29, 0.717) is 42.0 Å². The summed E-state index contributed by atoms with van der Waals surface area (Å²) in [5, 5.41) is 2.76. The number of hydrogen-bond donors (Lipinski definition) is 1. The zero-order chi connectivity index (χ0) is 22.8. The lowest BCUT2D eigenvalue weighted by atomic mass is 9.72. The zero-order valence-electron chi connectivity index (χ0n) is 18.4. The van der Waals surface area contributed by atoms with Crippen molar-refractivity contribution >= 4 is 23.2 Å². The molecule has 6 nitrogen and oxygen atoms in total. The van der Waals surface area contributed by atoms with Crippen LogP contribution >= 0.6 is 0 Å². The third-order valence-electron chi connectivity index (χ3n) is 5.93. The van der Waals surface area contributed by atoms with E-state index in [4.69, 9.17) is 9.47 Å². The van der Waals surface area contributed by atoms with Crippen molar-refractivity contribution in [1.82, 2.24) is 0 Å². The van der Waals surface area contributed by atoms with Gasteiger partial charge in [0.05, 0.1) is 25.7 Å². The van der Waals surface area contributed by atoms with Gasteiger partial charge in [-0.25, -0.2) is 0 Å². The lowest BCUT2D eigenvalue weighted by molar-refractivity contribution is -0.120. The molecular formula is C26H25NO5. The molecule has 0 heterocycles. The normalized spacial score (nSPS) is 18.1. The molecule has 0 bridgehead atoms. The minimum Gasteiger partial charge on any atom is -0.497 e. The number of anilines is 1. The van der Waals surface area contributed by atoms with Crippen LogP contribution in [0.1, 0.15) is 36.3 Å². The van der Waals surface area contributed by atoms with Crippen LogP contribution in [0.15, 0.2) is 65.3 Å². The average Bonchev–Trinajstić information content (AvgIpc) is 2.79. The van der Waals surface area contributed by atoms with Gasteiger partial charge >= 0.3 is 0 Å². The topological polar surface area (TPSA) is 81.7 Å². The summed E-state index contributed by atoms with van der Waals surface area (Å²) in [4.78, 5) is 39.4. The van der Waals surface area contributed by atoms with E-state index >= 15 is 0 Å². The Morgan fingerprint density at radius 1 is 0.969 bits per heavy atom. The van der Waals surface area contributed by atoms with Gasteiger partial charge in [-0.05, 0) is 37.0 Å². The number of allylic oxidation sites excluding steroid dienone is 3. The molecule has 0 spiro atoms. The molecule has 32 heavy (non-hydrogen) atoms. The number of rotatable bonds is 5. The van der Waals surface area contributed by atoms with Crippen molar-refractivity contribution in [3.8, 4) is 11.5 Å². The molecule has 0 aliphatic heterocycles. The van der Waals surface area contributed by atoms with Crippen molar-refractivity contribution < 1.29 is 23.9 Å². The number of ether oxygens (including phenoxy) is 2. The number of aryl methyl sites for hydroxylation is 1. The highest BCUT2D eigenvalue weighted by atomic mass is 16.5. The Kier molecular flexibility index (Phi) is 5.95. The lowest BCUT2D eigenvalue weighted by Crippen LogP contribution is -2.31. The van der Waals surface area contributed by atoms with Crippen molar-refractivity contribution in [2.45, 2.75) is 32.1 Å². The van der Waals surface area contributed by atoms with E-state index in [1.807, 2.05) is 31.2 Å². The van der Waals surface area contributed by atoms with Crippen molar-refractivity contribution in [3.05, 3.63) is 76.4 Å². The van der Waals surface area contributed by atoms with Crippen LogP contribution in [0.2, 0.25) is 0 Å². The fourth-order valence-electron chi connectivity index (χ4n) is 4.26. The van der Waals surface area contributed by atoms with Crippen LogP contribution in [0.4, 0.5) is 5.69 Å². The third-order valence-corrected chi connectivity index (χ3v) is 5.93. The molecule has 0 saturated heterocycles. The number of carbonyl (C=O) groups excluding carboxylic acids is 3. The molecule has 1 N–H and O–H groups in total. The van der Waals surface area contributed by atoms with Crippen LogP contribution in [0.5, 0.6) is 11.5 Å². The summed E-state index contributed by atoms with van der Waals surface area (Å²) in [6.07, 6.45) is 3.28. The largest absolute Gasteiger partial charge is 0.497 e. The predicted molar refractivity (Wildman–Crippen MR) is 121 cm³/mol. The molecule has 1 unspecified atom stereocenters. The molecule has 2 aliphatic rings. The minimum absolute atomic E-state index is 0.0219. The number of ketones is 2. The maximum absolute atomic E-state index is 13.5. The number of nitrogens with one attached hydrogen (secondary N) is 1. The van der Waals surface area contributed by atoms with E-state index in [1.165, 1.54) is 20.3 Å². The first-order chi connectivity index (χ1) is 15.4. The Hall–Kier alpha value is -3.67. The molecule has 1 amide bonds. The van der Waals surface area contributed by atoms with E-state index in [9.17, 15) is 14.4 Å². The standard InChI is InChI=1S/C26H25NO5/c1-15-7-9-16(10-8-15)24-20-5-4-6-23(28)21(20)14-22(25(24)29)26(30)27-17-11-18(31-2)13-19(12-17)32-3/h7-14,24H,4-6H2,1-3H3,(H,27,30). The van der Waals surface area contributed by atoms with Crippen LogP contribution < -0.4 is 14.8 Å². The van der Waals surface area contributed by atoms with E-state index in [2.05, 4.69) is 5.32 Å². The van der Waals surface area contributed by atoms with Crippen LogP contribution in [0.25, 0.3) is 0 Å². The summed E-state index contributed by atoms with van der Waals surface area (Å²) in [6.45, 7) is 1.97. The summed E-state index contributed by atoms with van der Waals surface area (Å²) in [5.41, 5.74) is 3.59. The number of benzene rings is 2. The van der Waals surface area contributed by atoms with E-state index in [-0.39, 0.29) is 17.1 Å². The second-order valence-corrected chi connectivity index (χ2v) is 8.04. The van der Waals surface area contributed by atoms with Gasteiger partial charge in [-0.15, -0.1) is 0 Å². The van der Waals surface area contributed by atoms with Crippen molar-refractivity contribution in [2.75, 3.05) is 19.5 Å². The maximum atomic E-state index is 13.5. The van der Waals surface area contributed by atoms with Crippen LogP contribution in [-0.2, 0) is 14.4 Å². The molecule has 4 rings (SSSR count). The first kappa shape index (κ1) is 21.6. The summed E-state index contributed by atoms with van der Waals surface area (Å²) in [5.74, 6) is -0.492. The van der Waals surface area contributed by atoms with Gasteiger partial charge in [0.15, 0.2) is 11.6 Å². The molecule has 0 aromatic heterocycles. The second-order valence-electron chi connectivity index (χ2n) is 8.04. The quantitative estimate of drug-likeness (QED) is 0.714. The number of hydrogen-bond acceptors (Lipinski definition) is 5. The Morgan fingerprint density at radius 2 is 1.62 bits per heavy atom. The van der Waals surface area contributed by atoms with Gasteiger partial charge in [0.1, 0.15) is 11.5 Å². The molecular weight excluding hydrogens is 406 g/mol. The summed E-state index contributed by atoms with van der Waals surface area (Å²) >= 11 is 0. The highest BCUT2D eigenvalue weighted by Crippen LogP contribution is 2.41. The van der Waals surface area contributed by atoms with E-state index in [1.54, 1.807) is 18.2 Å². The predicted octanol–water partition coefficient (Wildman–Crippen LogP) is 4.29. The molecule has 2 aromatic carbocycles. The van der Waals surface area contributed by atoms with Crippen LogP contribution in [0.3, 0.4) is 0 Å². The number of Topliss-reactive ketones (excluding diaryl/α,β-unsaturated/α-hetero) is 2. The van der Waals surface area contributed by atoms with Gasteiger partial charge in [-0.3, -0.25) is 14.4 Å². The molecule has 164 valence electrons. The molecule has 6 heteroatoms. The smallest absolute Gasteiger partial charge is 0.259 e. The monoisotopic (exact) mass is 431 g/mol. The van der Waals surface area contributed by atoms with Crippen molar-refractivity contribution in [1.29, 1.82) is 0 Å². The molecule has 1 atom stereocenters. The van der Waals surface area contributed by atoms with Crippen molar-refractivity contribution in [3.63, 3.8) is 0 Å². The Labute approximate surface area is 186 Å². The number of methoxy groups -OCH3 is 2. The van der Waals surface area contributed by atoms with Gasteiger partial charge in [-0.1, -0.05) is 29.8 Å². The summed E-state index contributed by atoms with van der Waals surface area (Å²) in [6, 6.07) is 12.6. The van der Waals surface area contributed by atoms with Gasteiger partial charge in [0.2, 0.25) is 0 Å². The highest BCUT2D eigenvalue weighted by molar-refractivity contribution is 6.28. The SMILES string of the molecule is COc1cc(NC(=O)C2=CC3=C(CCCC3=O)C(c3ccc(C)cc3)C2=O)cc(OC)c1. The molecule has 0 saturated carbocycles. The molecule has 2 aromatic rings. The summed E-state index contributed by atoms with van der Waals surface area (Å²) < 4.78 is 10.5. The molecule has 0 radical (unpaired) electrons. The second kappa shape index (κ2) is 8.83. The number of amides is 1. The first-order valence-corrected chi connectivity index (χ1v) is 10.5. The van der Waals surface area contributed by atoms with Crippen LogP contribution in [0, 0.1) is 6.92 Å². The number of carbonyl (C=O) groups is 3. The highest BCUT2D eigenvalue weighted by Gasteiger charge is 2.38. The van der Waals surface area contributed by atoms with E-state index < -0.39 is 11.8 Å². The Bertz CT molecular complexity index is 1130. The maximum Gasteiger partial charge on any atom is 0.259 e. The third kappa shape index (κ3) is 4.08. The lowest BCUT2D eigenvalue weighted by Gasteiger charge is -2.29. The van der Waals surface area contributed by atoms with Gasteiger partial charge in [0.25, 0.3) is 5.91 Å². The molecule has 0 fully saturated rings. The Morgan fingerprint density at radius 3 is 2.25 bits per heavy atom. The average molecular weight is 431 g/mol. The van der Waals surface area contributed by atoms with Gasteiger partial charge < -0.3 is 14.8 Å². The fourth-order valence-corrected chi connectivity index (χ4v) is 4.26. The van der Waals surface area contributed by atoms with Crippen LogP contribution in [-0.4, -0.2) is 31.7 Å². The fraction of sp³-hybridized carbons (Fsp3) is 0.269. The first-order valence-electron chi connectivity index (χ1n) is 10.5. The Balaban J connectivity index is 1.72. The van der Waals surface area contributed by atoms with Crippen molar-refractivity contribution in [2.24, 2.45) is 0 Å². The summed E-state index contributed by atoms with van der Waals surface area (Å²) in [7, 11) is 3.03. The van der Waals surface area contributed by atoms with E-state index in [0.717, 1.165) is 16.7 Å².